The molecular formula is C25H13N3O4S2. The smallest absolute Gasteiger partial charge is 0.335 e. The average molecular weight is 484 g/mol. The van der Waals surface area contributed by atoms with E-state index in [4.69, 9.17) is 0 Å². The molecule has 0 aliphatic heterocycles. The number of hydrogen-bond donors (Lipinski definition) is 2. The number of aromatic carboxylic acids is 2. The predicted octanol–water partition coefficient (Wildman–Crippen LogP) is 5.28. The second-order valence-corrected chi connectivity index (χ2v) is 9.14. The molecule has 0 amide bonds. The van der Waals surface area contributed by atoms with Crippen LogP contribution in [0.4, 0.5) is 0 Å². The fraction of sp³-hybridized carbons (Fsp3) is 0. The van der Waals surface area contributed by atoms with E-state index in [-0.39, 0.29) is 22.5 Å². The summed E-state index contributed by atoms with van der Waals surface area (Å²) in [6.07, 6.45) is 2.93. The van der Waals surface area contributed by atoms with Crippen molar-refractivity contribution in [2.75, 3.05) is 0 Å². The van der Waals surface area contributed by atoms with Crippen LogP contribution in [-0.2, 0) is 0 Å². The van der Waals surface area contributed by atoms with E-state index in [0.717, 1.165) is 4.88 Å². The molecule has 5 rings (SSSR count). The van der Waals surface area contributed by atoms with Crippen molar-refractivity contribution in [2.45, 2.75) is 0 Å². The van der Waals surface area contributed by atoms with E-state index in [0.29, 0.717) is 17.0 Å². The minimum absolute atomic E-state index is 0.0144. The monoisotopic (exact) mass is 483 g/mol. The van der Waals surface area contributed by atoms with Crippen LogP contribution in [0.15, 0.2) is 66.3 Å². The summed E-state index contributed by atoms with van der Waals surface area (Å²) in [5.74, 6) is 4.04. The quantitative estimate of drug-likeness (QED) is 0.334. The van der Waals surface area contributed by atoms with Crippen molar-refractivity contribution >= 4 is 44.0 Å². The summed E-state index contributed by atoms with van der Waals surface area (Å²) in [5.41, 5.74) is 1.96. The number of carboxylic acid groups (broad SMARTS) is 2. The van der Waals surface area contributed by atoms with Gasteiger partial charge in [0.2, 0.25) is 0 Å². The highest BCUT2D eigenvalue weighted by molar-refractivity contribution is 7.27. The van der Waals surface area contributed by atoms with Gasteiger partial charge in [0.1, 0.15) is 0 Å². The molecule has 34 heavy (non-hydrogen) atoms. The zero-order valence-electron chi connectivity index (χ0n) is 17.2. The summed E-state index contributed by atoms with van der Waals surface area (Å²) in [6, 6.07) is 13.1. The second-order valence-electron chi connectivity index (χ2n) is 7.11. The van der Waals surface area contributed by atoms with Crippen LogP contribution in [0.2, 0.25) is 0 Å². The van der Waals surface area contributed by atoms with Crippen LogP contribution in [-0.4, -0.2) is 37.1 Å². The molecule has 0 radical (unpaired) electrons. The van der Waals surface area contributed by atoms with Crippen LogP contribution in [0.5, 0.6) is 0 Å². The molecule has 5 heterocycles. The lowest BCUT2D eigenvalue weighted by atomic mass is 10.1. The van der Waals surface area contributed by atoms with Crippen molar-refractivity contribution < 1.29 is 19.8 Å². The van der Waals surface area contributed by atoms with Gasteiger partial charge in [-0.15, -0.1) is 22.7 Å². The van der Waals surface area contributed by atoms with E-state index < -0.39 is 11.9 Å². The van der Waals surface area contributed by atoms with Gasteiger partial charge in [-0.1, -0.05) is 11.8 Å². The fourth-order valence-corrected chi connectivity index (χ4v) is 5.19. The maximum atomic E-state index is 11.7. The fourth-order valence-electron chi connectivity index (χ4n) is 3.23. The number of hydrogen-bond acceptors (Lipinski definition) is 7. The highest BCUT2D eigenvalue weighted by Crippen LogP contribution is 2.29. The Morgan fingerprint density at radius 2 is 1.41 bits per heavy atom. The topological polar surface area (TPSA) is 113 Å². The molecule has 0 atom stereocenters. The summed E-state index contributed by atoms with van der Waals surface area (Å²) in [5, 5.41) is 20.9. The van der Waals surface area contributed by atoms with Gasteiger partial charge in [0.15, 0.2) is 0 Å². The van der Waals surface area contributed by atoms with Crippen LogP contribution in [0.1, 0.15) is 31.2 Å². The Balaban J connectivity index is 1.54. The molecule has 0 saturated heterocycles. The van der Waals surface area contributed by atoms with Gasteiger partial charge >= 0.3 is 11.9 Å². The minimum atomic E-state index is -1.15. The Morgan fingerprint density at radius 3 is 2.12 bits per heavy atom. The van der Waals surface area contributed by atoms with Gasteiger partial charge in [-0.2, -0.15) is 0 Å². The summed E-state index contributed by atoms with van der Waals surface area (Å²) in [7, 11) is 0. The van der Waals surface area contributed by atoms with E-state index in [1.54, 1.807) is 41.0 Å². The Morgan fingerprint density at radius 1 is 0.735 bits per heavy atom. The van der Waals surface area contributed by atoms with Crippen LogP contribution in [0.25, 0.3) is 32.2 Å². The third-order valence-electron chi connectivity index (χ3n) is 4.83. The van der Waals surface area contributed by atoms with Gasteiger partial charge < -0.3 is 10.2 Å². The lowest BCUT2D eigenvalue weighted by Crippen LogP contribution is -2.02. The SMILES string of the molecule is O=C(O)c1ccnc(-c2cc(C(=O)O)cc(-c3cc(C#Cc4cc5sccc5s4)ccn3)n2)c1. The summed E-state index contributed by atoms with van der Waals surface area (Å²) < 4.78 is 2.40. The maximum absolute atomic E-state index is 11.7. The number of thiophene rings is 2. The highest BCUT2D eigenvalue weighted by atomic mass is 32.1. The van der Waals surface area contributed by atoms with Crippen LogP contribution >= 0.6 is 22.7 Å². The van der Waals surface area contributed by atoms with E-state index in [1.165, 1.54) is 39.9 Å². The normalized spacial score (nSPS) is 10.6. The number of pyridine rings is 3. The van der Waals surface area contributed by atoms with Crippen molar-refractivity contribution in [3.8, 4) is 34.6 Å². The third-order valence-corrected chi connectivity index (χ3v) is 6.84. The molecule has 0 unspecified atom stereocenters. The predicted molar refractivity (Wildman–Crippen MR) is 130 cm³/mol. The van der Waals surface area contributed by atoms with Crippen LogP contribution in [0, 0.1) is 11.8 Å². The number of carbonyl (C=O) groups is 2. The standard InChI is InChI=1S/C25H13N3O4S2/c29-24(30)15-4-7-27-19(10-15)21-12-16(25(31)32)11-20(28-21)18-9-14(3-6-26-18)1-2-17-13-23-22(34-17)5-8-33-23/h3-13H,(H,29,30)(H,31,32). The lowest BCUT2D eigenvalue weighted by molar-refractivity contribution is 0.0686. The summed E-state index contributed by atoms with van der Waals surface area (Å²) >= 11 is 3.30. The largest absolute Gasteiger partial charge is 0.478 e. The van der Waals surface area contributed by atoms with Gasteiger partial charge in [0, 0.05) is 27.4 Å². The molecule has 9 heteroatoms. The van der Waals surface area contributed by atoms with Gasteiger partial charge in [-0.25, -0.2) is 14.6 Å². The Labute approximate surface area is 201 Å². The molecule has 7 nitrogen and oxygen atoms in total. The molecule has 164 valence electrons. The van der Waals surface area contributed by atoms with Gasteiger partial charge in [-0.3, -0.25) is 9.97 Å². The van der Waals surface area contributed by atoms with Crippen molar-refractivity contribution in [1.82, 2.24) is 15.0 Å². The van der Waals surface area contributed by atoms with E-state index in [2.05, 4.69) is 38.9 Å². The van der Waals surface area contributed by atoms with Crippen molar-refractivity contribution in [2.24, 2.45) is 0 Å². The number of fused-ring (bicyclic) bond motifs is 1. The maximum Gasteiger partial charge on any atom is 0.335 e. The minimum Gasteiger partial charge on any atom is -0.478 e. The molecule has 2 N–H and O–H groups in total. The molecule has 0 aliphatic carbocycles. The first-order valence-corrected chi connectivity index (χ1v) is 11.6. The number of carboxylic acids is 2. The Kier molecular flexibility index (Phi) is 5.59. The average Bonchev–Trinajstić information content (AvgIpc) is 3.45. The van der Waals surface area contributed by atoms with Crippen molar-refractivity contribution in [1.29, 1.82) is 0 Å². The van der Waals surface area contributed by atoms with Crippen LogP contribution < -0.4 is 0 Å². The molecule has 0 saturated carbocycles. The van der Waals surface area contributed by atoms with Crippen molar-refractivity contribution in [3.63, 3.8) is 0 Å². The number of nitrogens with zero attached hydrogens (tertiary/aromatic N) is 3. The second kappa shape index (κ2) is 8.86. The number of rotatable bonds is 4. The lowest BCUT2D eigenvalue weighted by Gasteiger charge is -2.07. The van der Waals surface area contributed by atoms with Gasteiger partial charge in [-0.05, 0) is 53.9 Å². The zero-order chi connectivity index (χ0) is 23.7. The Hall–Kier alpha value is -4.39. The molecule has 0 aromatic carbocycles. The van der Waals surface area contributed by atoms with E-state index in [9.17, 15) is 19.8 Å². The number of aromatic nitrogens is 3. The van der Waals surface area contributed by atoms with E-state index in [1.807, 2.05) is 5.38 Å². The first kappa shape index (κ1) is 21.5. The molecule has 0 bridgehead atoms. The van der Waals surface area contributed by atoms with Gasteiger partial charge in [0.25, 0.3) is 0 Å². The molecule has 0 aliphatic rings. The molecule has 5 aromatic rings. The molecular weight excluding hydrogens is 470 g/mol. The molecule has 5 aromatic heterocycles. The first-order valence-electron chi connectivity index (χ1n) is 9.87. The van der Waals surface area contributed by atoms with Crippen LogP contribution in [0.3, 0.4) is 0 Å². The van der Waals surface area contributed by atoms with Crippen molar-refractivity contribution in [3.05, 3.63) is 87.9 Å². The third kappa shape index (κ3) is 4.41. The highest BCUT2D eigenvalue weighted by Gasteiger charge is 2.14. The molecule has 0 fully saturated rings. The van der Waals surface area contributed by atoms with E-state index >= 15 is 0 Å². The zero-order valence-corrected chi connectivity index (χ0v) is 18.9. The summed E-state index contributed by atoms with van der Waals surface area (Å²) in [6.45, 7) is 0. The Bertz CT molecular complexity index is 1610. The van der Waals surface area contributed by atoms with Gasteiger partial charge in [0.05, 0.1) is 38.8 Å². The first-order chi connectivity index (χ1) is 16.5. The molecule has 0 spiro atoms. The summed E-state index contributed by atoms with van der Waals surface area (Å²) in [4.78, 5) is 37.0.